The number of hydrogen-bond acceptors (Lipinski definition) is 4. The summed E-state index contributed by atoms with van der Waals surface area (Å²) in [5, 5.41) is 2.94. The van der Waals surface area contributed by atoms with E-state index in [4.69, 9.17) is 0 Å². The van der Waals surface area contributed by atoms with Gasteiger partial charge in [-0.3, -0.25) is 0 Å². The number of hydrogen-bond donors (Lipinski definition) is 2. The molecule has 0 radical (unpaired) electrons. The first-order valence-electron chi connectivity index (χ1n) is 6.20. The molecule has 0 saturated heterocycles. The normalized spacial score (nSPS) is 18.1. The molecular weight excluding hydrogens is 250 g/mol. The number of pyridine rings is 1. The Hall–Kier alpha value is -1.14. The number of rotatable bonds is 5. The standard InChI is InChI=1S/C12H19N3O2S/c1-3-12(7-5-8-12)15-18(16,17)11-10(13-2)6-4-9-14-11/h4,6,9,13,15H,3,5,7-8H2,1-2H3. The fourth-order valence-corrected chi connectivity index (χ4v) is 3.93. The van der Waals surface area contributed by atoms with Crippen molar-refractivity contribution in [3.8, 4) is 0 Å². The van der Waals surface area contributed by atoms with E-state index in [1.165, 1.54) is 6.20 Å². The molecule has 0 amide bonds. The van der Waals surface area contributed by atoms with Gasteiger partial charge in [-0.25, -0.2) is 18.1 Å². The van der Waals surface area contributed by atoms with E-state index in [0.717, 1.165) is 25.7 Å². The highest BCUT2D eigenvalue weighted by Gasteiger charge is 2.39. The molecule has 1 saturated carbocycles. The van der Waals surface area contributed by atoms with E-state index in [2.05, 4.69) is 15.0 Å². The van der Waals surface area contributed by atoms with Crippen molar-refractivity contribution in [1.82, 2.24) is 9.71 Å². The summed E-state index contributed by atoms with van der Waals surface area (Å²) in [4.78, 5) is 3.99. The van der Waals surface area contributed by atoms with Crippen molar-refractivity contribution in [1.29, 1.82) is 0 Å². The van der Waals surface area contributed by atoms with Crippen molar-refractivity contribution in [2.75, 3.05) is 12.4 Å². The fraction of sp³-hybridized carbons (Fsp3) is 0.583. The zero-order chi connectivity index (χ0) is 13.2. The molecular formula is C12H19N3O2S. The molecule has 1 aliphatic rings. The van der Waals surface area contributed by atoms with Crippen LogP contribution in [0.25, 0.3) is 0 Å². The Kier molecular flexibility index (Phi) is 3.59. The molecule has 1 aromatic rings. The minimum absolute atomic E-state index is 0.0761. The fourth-order valence-electron chi connectivity index (χ4n) is 2.26. The lowest BCUT2D eigenvalue weighted by molar-refractivity contribution is 0.213. The lowest BCUT2D eigenvalue weighted by Crippen LogP contribution is -2.52. The molecule has 5 nitrogen and oxygen atoms in total. The van der Waals surface area contributed by atoms with Crippen molar-refractivity contribution >= 4 is 15.7 Å². The molecule has 1 aromatic heterocycles. The van der Waals surface area contributed by atoms with Crippen molar-refractivity contribution in [3.63, 3.8) is 0 Å². The second-order valence-corrected chi connectivity index (χ2v) is 6.30. The largest absolute Gasteiger partial charge is 0.386 e. The maximum atomic E-state index is 12.4. The summed E-state index contributed by atoms with van der Waals surface area (Å²) < 4.78 is 27.5. The van der Waals surface area contributed by atoms with Gasteiger partial charge in [0.2, 0.25) is 0 Å². The molecule has 0 aromatic carbocycles. The van der Waals surface area contributed by atoms with Crippen LogP contribution in [0.4, 0.5) is 5.69 Å². The van der Waals surface area contributed by atoms with Gasteiger partial charge in [-0.2, -0.15) is 0 Å². The van der Waals surface area contributed by atoms with Crippen molar-refractivity contribution in [3.05, 3.63) is 18.3 Å². The molecule has 0 spiro atoms. The predicted octanol–water partition coefficient (Wildman–Crippen LogP) is 1.73. The topological polar surface area (TPSA) is 71.1 Å². The molecule has 1 aliphatic carbocycles. The summed E-state index contributed by atoms with van der Waals surface area (Å²) in [5.74, 6) is 0. The van der Waals surface area contributed by atoms with Gasteiger partial charge in [0.15, 0.2) is 5.03 Å². The first-order chi connectivity index (χ1) is 8.53. The number of sulfonamides is 1. The Morgan fingerprint density at radius 2 is 2.17 bits per heavy atom. The molecule has 1 fully saturated rings. The molecule has 0 atom stereocenters. The molecule has 1 heterocycles. The van der Waals surface area contributed by atoms with Crippen LogP contribution < -0.4 is 10.0 Å². The zero-order valence-corrected chi connectivity index (χ0v) is 11.5. The van der Waals surface area contributed by atoms with Crippen molar-refractivity contribution in [2.24, 2.45) is 0 Å². The van der Waals surface area contributed by atoms with Crippen LogP contribution in [0.2, 0.25) is 0 Å². The third kappa shape index (κ3) is 2.35. The number of nitrogens with one attached hydrogen (secondary N) is 2. The van der Waals surface area contributed by atoms with Gasteiger partial charge in [0.05, 0.1) is 5.69 Å². The lowest BCUT2D eigenvalue weighted by atomic mass is 9.76. The summed E-state index contributed by atoms with van der Waals surface area (Å²) in [7, 11) is -1.87. The van der Waals surface area contributed by atoms with Gasteiger partial charge in [-0.15, -0.1) is 0 Å². The van der Waals surface area contributed by atoms with Crippen molar-refractivity contribution in [2.45, 2.75) is 43.2 Å². The monoisotopic (exact) mass is 269 g/mol. The van der Waals surface area contributed by atoms with Crippen LogP contribution in [0.3, 0.4) is 0 Å². The second kappa shape index (κ2) is 4.85. The van der Waals surface area contributed by atoms with Crippen LogP contribution in [0.1, 0.15) is 32.6 Å². The van der Waals surface area contributed by atoms with Gasteiger partial charge in [0, 0.05) is 18.8 Å². The minimum Gasteiger partial charge on any atom is -0.386 e. The Morgan fingerprint density at radius 1 is 1.44 bits per heavy atom. The van der Waals surface area contributed by atoms with E-state index in [-0.39, 0.29) is 10.6 Å². The summed E-state index contributed by atoms with van der Waals surface area (Å²) in [6, 6.07) is 3.42. The van der Waals surface area contributed by atoms with Crippen LogP contribution in [-0.2, 0) is 10.0 Å². The van der Waals surface area contributed by atoms with E-state index in [1.807, 2.05) is 6.92 Å². The SMILES string of the molecule is CCC1(NS(=O)(=O)c2ncccc2NC)CCC1. The van der Waals surface area contributed by atoms with E-state index < -0.39 is 10.0 Å². The lowest BCUT2D eigenvalue weighted by Gasteiger charge is -2.41. The molecule has 0 aliphatic heterocycles. The number of nitrogens with zero attached hydrogens (tertiary/aromatic N) is 1. The molecule has 100 valence electrons. The summed E-state index contributed by atoms with van der Waals surface area (Å²) in [6.07, 6.45) is 5.20. The van der Waals surface area contributed by atoms with Gasteiger partial charge in [-0.05, 0) is 37.8 Å². The van der Waals surface area contributed by atoms with Crippen LogP contribution >= 0.6 is 0 Å². The zero-order valence-electron chi connectivity index (χ0n) is 10.7. The average molecular weight is 269 g/mol. The smallest absolute Gasteiger partial charge is 0.260 e. The van der Waals surface area contributed by atoms with Gasteiger partial charge in [-0.1, -0.05) is 6.92 Å². The van der Waals surface area contributed by atoms with E-state index >= 15 is 0 Å². The van der Waals surface area contributed by atoms with Crippen LogP contribution in [0, 0.1) is 0 Å². The highest BCUT2D eigenvalue weighted by molar-refractivity contribution is 7.89. The minimum atomic E-state index is -3.56. The second-order valence-electron chi connectivity index (χ2n) is 4.70. The highest BCUT2D eigenvalue weighted by Crippen LogP contribution is 2.36. The maximum Gasteiger partial charge on any atom is 0.260 e. The maximum absolute atomic E-state index is 12.4. The number of aromatic nitrogens is 1. The molecule has 0 unspecified atom stereocenters. The first kappa shape index (κ1) is 13.3. The molecule has 6 heteroatoms. The molecule has 0 bridgehead atoms. The number of anilines is 1. The third-order valence-electron chi connectivity index (χ3n) is 3.63. The average Bonchev–Trinajstić information content (AvgIpc) is 2.34. The molecule has 2 rings (SSSR count). The third-order valence-corrected chi connectivity index (χ3v) is 5.17. The Balaban J connectivity index is 2.31. The van der Waals surface area contributed by atoms with Gasteiger partial charge in [0.1, 0.15) is 0 Å². The van der Waals surface area contributed by atoms with Gasteiger partial charge >= 0.3 is 0 Å². The van der Waals surface area contributed by atoms with Crippen molar-refractivity contribution < 1.29 is 8.42 Å². The van der Waals surface area contributed by atoms with Crippen LogP contribution in [0.15, 0.2) is 23.4 Å². The summed E-state index contributed by atoms with van der Waals surface area (Å²) >= 11 is 0. The summed E-state index contributed by atoms with van der Waals surface area (Å²) in [5.41, 5.74) is 0.261. The Morgan fingerprint density at radius 3 is 2.67 bits per heavy atom. The Bertz CT molecular complexity index is 518. The summed E-state index contributed by atoms with van der Waals surface area (Å²) in [6.45, 7) is 2.01. The molecule has 2 N–H and O–H groups in total. The quantitative estimate of drug-likeness (QED) is 0.854. The predicted molar refractivity (Wildman–Crippen MR) is 71.0 cm³/mol. The van der Waals surface area contributed by atoms with Crippen LogP contribution in [-0.4, -0.2) is 26.0 Å². The Labute approximate surface area is 108 Å². The molecule has 18 heavy (non-hydrogen) atoms. The van der Waals surface area contributed by atoms with E-state index in [0.29, 0.717) is 5.69 Å². The van der Waals surface area contributed by atoms with Gasteiger partial charge in [0.25, 0.3) is 10.0 Å². The first-order valence-corrected chi connectivity index (χ1v) is 7.68. The highest BCUT2D eigenvalue weighted by atomic mass is 32.2. The van der Waals surface area contributed by atoms with E-state index in [9.17, 15) is 8.42 Å². The van der Waals surface area contributed by atoms with Crippen LogP contribution in [0.5, 0.6) is 0 Å². The van der Waals surface area contributed by atoms with Gasteiger partial charge < -0.3 is 5.32 Å². The van der Waals surface area contributed by atoms with E-state index in [1.54, 1.807) is 19.2 Å².